The fraction of sp³-hybridized carbons (Fsp3) is 0.312. The average molecular weight is 350 g/mol. The summed E-state index contributed by atoms with van der Waals surface area (Å²) in [5, 5.41) is 6.09. The lowest BCUT2D eigenvalue weighted by atomic mass is 10.2. The molecule has 0 unspecified atom stereocenters. The molecule has 2 aromatic rings. The zero-order valence-electron chi connectivity index (χ0n) is 13.2. The molecule has 0 aliphatic heterocycles. The Bertz CT molecular complexity index is 732. The lowest BCUT2D eigenvalue weighted by Crippen LogP contribution is -2.11. The van der Waals surface area contributed by atoms with Crippen LogP contribution in [0.3, 0.4) is 0 Å². The van der Waals surface area contributed by atoms with Crippen molar-refractivity contribution < 1.29 is 14.3 Å². The second-order valence-corrected chi connectivity index (χ2v) is 6.84. The second kappa shape index (κ2) is 8.03. The lowest BCUT2D eigenvalue weighted by molar-refractivity contribution is -0.111. The van der Waals surface area contributed by atoms with Crippen molar-refractivity contribution in [2.75, 3.05) is 11.9 Å². The molecule has 0 spiro atoms. The molecule has 0 aliphatic rings. The fourth-order valence-electron chi connectivity index (χ4n) is 1.84. The molecule has 0 bridgehead atoms. The van der Waals surface area contributed by atoms with Gasteiger partial charge in [0.25, 0.3) is 0 Å². The molecule has 0 radical (unpaired) electrons. The normalized spacial score (nSPS) is 10.9. The number of hydrogen-bond acceptors (Lipinski definition) is 6. The second-order valence-electron chi connectivity index (χ2n) is 4.64. The Balaban J connectivity index is 2.11. The average Bonchev–Trinajstić information content (AvgIpc) is 3.11. The van der Waals surface area contributed by atoms with E-state index < -0.39 is 5.97 Å². The van der Waals surface area contributed by atoms with Gasteiger partial charge in [0.2, 0.25) is 5.91 Å². The Hall–Kier alpha value is -1.99. The van der Waals surface area contributed by atoms with E-state index in [-0.39, 0.29) is 5.91 Å². The molecule has 7 heteroatoms. The number of nitrogens with one attached hydrogen (secondary N) is 1. The van der Waals surface area contributed by atoms with Crippen LogP contribution in [-0.2, 0) is 16.0 Å². The minimum absolute atomic E-state index is 0.298. The Morgan fingerprint density at radius 2 is 2.17 bits per heavy atom. The first-order valence-corrected chi connectivity index (χ1v) is 8.94. The quantitative estimate of drug-likeness (QED) is 0.634. The van der Waals surface area contributed by atoms with Crippen molar-refractivity contribution in [2.24, 2.45) is 0 Å². The van der Waals surface area contributed by atoms with E-state index in [0.29, 0.717) is 17.2 Å². The van der Waals surface area contributed by atoms with Gasteiger partial charge in [0.15, 0.2) is 0 Å². The van der Waals surface area contributed by atoms with Crippen LogP contribution in [0.1, 0.15) is 39.8 Å². The maximum Gasteiger partial charge on any atom is 0.341 e. The van der Waals surface area contributed by atoms with Gasteiger partial charge in [0, 0.05) is 16.3 Å². The highest BCUT2D eigenvalue weighted by atomic mass is 32.1. The van der Waals surface area contributed by atoms with Gasteiger partial charge in [0.1, 0.15) is 5.00 Å². The van der Waals surface area contributed by atoms with Crippen molar-refractivity contribution in [3.63, 3.8) is 0 Å². The Kier molecular flexibility index (Phi) is 6.06. The van der Waals surface area contributed by atoms with Crippen molar-refractivity contribution in [3.05, 3.63) is 38.7 Å². The van der Waals surface area contributed by atoms with Gasteiger partial charge in [-0.05, 0) is 32.4 Å². The number of aryl methyl sites for hydroxylation is 2. The molecule has 0 saturated carbocycles. The van der Waals surface area contributed by atoms with Crippen molar-refractivity contribution in [1.82, 2.24) is 4.98 Å². The van der Waals surface area contributed by atoms with E-state index in [4.69, 9.17) is 4.74 Å². The van der Waals surface area contributed by atoms with E-state index in [1.54, 1.807) is 19.1 Å². The number of rotatable bonds is 6. The van der Waals surface area contributed by atoms with Gasteiger partial charge in [-0.25, -0.2) is 9.78 Å². The van der Waals surface area contributed by atoms with Gasteiger partial charge in [-0.3, -0.25) is 4.79 Å². The molecule has 5 nitrogen and oxygen atoms in total. The summed E-state index contributed by atoms with van der Waals surface area (Å²) in [5.74, 6) is -0.719. The molecule has 1 N–H and O–H groups in total. The van der Waals surface area contributed by atoms with Crippen LogP contribution >= 0.6 is 22.7 Å². The Morgan fingerprint density at radius 3 is 2.78 bits per heavy atom. The zero-order valence-corrected chi connectivity index (χ0v) is 14.8. The Labute approximate surface area is 143 Å². The summed E-state index contributed by atoms with van der Waals surface area (Å²) in [6, 6.07) is 1.77. The SMILES string of the molecule is CCOC(=O)c1cc(CC)sc1NC(=O)C=Cc1csc(C)n1. The predicted octanol–water partition coefficient (Wildman–Crippen LogP) is 3.90. The van der Waals surface area contributed by atoms with Crippen molar-refractivity contribution >= 4 is 45.6 Å². The smallest absolute Gasteiger partial charge is 0.341 e. The topological polar surface area (TPSA) is 68.3 Å². The number of carbonyl (C=O) groups is 2. The van der Waals surface area contributed by atoms with Crippen molar-refractivity contribution in [3.8, 4) is 0 Å². The number of aromatic nitrogens is 1. The predicted molar refractivity (Wildman–Crippen MR) is 94.2 cm³/mol. The highest BCUT2D eigenvalue weighted by Crippen LogP contribution is 2.29. The molecule has 0 fully saturated rings. The first-order chi connectivity index (χ1) is 11.0. The third-order valence-electron chi connectivity index (χ3n) is 2.91. The highest BCUT2D eigenvalue weighted by molar-refractivity contribution is 7.16. The number of anilines is 1. The Morgan fingerprint density at radius 1 is 1.39 bits per heavy atom. The summed E-state index contributed by atoms with van der Waals surface area (Å²) >= 11 is 2.91. The summed E-state index contributed by atoms with van der Waals surface area (Å²) in [7, 11) is 0. The fourth-order valence-corrected chi connectivity index (χ4v) is 3.41. The van der Waals surface area contributed by atoms with E-state index >= 15 is 0 Å². The monoisotopic (exact) mass is 350 g/mol. The van der Waals surface area contributed by atoms with Crippen LogP contribution in [0, 0.1) is 6.92 Å². The first kappa shape index (κ1) is 17.4. The molecule has 0 aliphatic carbocycles. The standard InChI is InChI=1S/C16H18N2O3S2/c1-4-12-8-13(16(20)21-5-2)15(23-12)18-14(19)7-6-11-9-22-10(3)17-11/h6-9H,4-5H2,1-3H3,(H,18,19). The molecule has 122 valence electrons. The molecule has 2 rings (SSSR count). The maximum atomic E-state index is 12.1. The zero-order chi connectivity index (χ0) is 16.8. The largest absolute Gasteiger partial charge is 0.462 e. The molecule has 0 atom stereocenters. The van der Waals surface area contributed by atoms with Crippen LogP contribution < -0.4 is 5.32 Å². The molecule has 0 saturated heterocycles. The molecule has 2 heterocycles. The molecular formula is C16H18N2O3S2. The number of carbonyl (C=O) groups excluding carboxylic acids is 2. The van der Waals surface area contributed by atoms with Gasteiger partial charge in [-0.1, -0.05) is 6.92 Å². The molecular weight excluding hydrogens is 332 g/mol. The van der Waals surface area contributed by atoms with Gasteiger partial charge in [0.05, 0.1) is 22.9 Å². The highest BCUT2D eigenvalue weighted by Gasteiger charge is 2.17. The number of esters is 1. The van der Waals surface area contributed by atoms with Crippen molar-refractivity contribution in [2.45, 2.75) is 27.2 Å². The minimum atomic E-state index is -0.419. The third-order valence-corrected chi connectivity index (χ3v) is 4.89. The van der Waals surface area contributed by atoms with Crippen LogP contribution in [0.25, 0.3) is 6.08 Å². The minimum Gasteiger partial charge on any atom is -0.462 e. The van der Waals surface area contributed by atoms with Gasteiger partial charge >= 0.3 is 5.97 Å². The number of ether oxygens (including phenoxy) is 1. The lowest BCUT2D eigenvalue weighted by Gasteiger charge is -2.03. The van der Waals surface area contributed by atoms with E-state index in [1.807, 2.05) is 19.2 Å². The summed E-state index contributed by atoms with van der Waals surface area (Å²) in [6.45, 7) is 5.96. The first-order valence-electron chi connectivity index (χ1n) is 7.24. The molecule has 2 aromatic heterocycles. The number of thiophene rings is 1. The van der Waals surface area contributed by atoms with Crippen LogP contribution in [0.2, 0.25) is 0 Å². The van der Waals surface area contributed by atoms with Gasteiger partial charge in [-0.15, -0.1) is 22.7 Å². The summed E-state index contributed by atoms with van der Waals surface area (Å²) in [5.41, 5.74) is 1.15. The summed E-state index contributed by atoms with van der Waals surface area (Å²) in [4.78, 5) is 29.3. The van der Waals surface area contributed by atoms with E-state index in [1.165, 1.54) is 28.7 Å². The third kappa shape index (κ3) is 4.74. The van der Waals surface area contributed by atoms with E-state index in [9.17, 15) is 9.59 Å². The van der Waals surface area contributed by atoms with E-state index in [0.717, 1.165) is 22.0 Å². The molecule has 1 amide bonds. The summed E-state index contributed by atoms with van der Waals surface area (Å²) < 4.78 is 5.03. The van der Waals surface area contributed by atoms with Crippen LogP contribution in [0.15, 0.2) is 17.5 Å². The van der Waals surface area contributed by atoms with Crippen LogP contribution in [-0.4, -0.2) is 23.5 Å². The summed E-state index contributed by atoms with van der Waals surface area (Å²) in [6.07, 6.45) is 3.85. The molecule has 23 heavy (non-hydrogen) atoms. The van der Waals surface area contributed by atoms with Crippen LogP contribution in [0.4, 0.5) is 5.00 Å². The maximum absolute atomic E-state index is 12.1. The number of thiazole rings is 1. The van der Waals surface area contributed by atoms with Crippen molar-refractivity contribution in [1.29, 1.82) is 0 Å². The van der Waals surface area contributed by atoms with Gasteiger partial charge < -0.3 is 10.1 Å². The molecule has 0 aromatic carbocycles. The number of amides is 1. The van der Waals surface area contributed by atoms with Crippen LogP contribution in [0.5, 0.6) is 0 Å². The van der Waals surface area contributed by atoms with Gasteiger partial charge in [-0.2, -0.15) is 0 Å². The number of nitrogens with zero attached hydrogens (tertiary/aromatic N) is 1. The van der Waals surface area contributed by atoms with E-state index in [2.05, 4.69) is 10.3 Å². The number of hydrogen-bond donors (Lipinski definition) is 1.